The second-order valence-electron chi connectivity index (χ2n) is 2.97. The molecule has 0 bridgehead atoms. The molecule has 3 aromatic heterocycles. The molecule has 0 aliphatic rings. The van der Waals surface area contributed by atoms with Gasteiger partial charge in [-0.15, -0.1) is 11.3 Å². The summed E-state index contributed by atoms with van der Waals surface area (Å²) in [5, 5.41) is 3.21. The fourth-order valence-corrected chi connectivity index (χ4v) is 2.42. The zero-order chi connectivity index (χ0) is 10.3. The van der Waals surface area contributed by atoms with Crippen LogP contribution in [-0.4, -0.2) is 9.97 Å². The molecular weight excluding hydrogens is 232 g/mol. The third kappa shape index (κ3) is 1.33. The predicted molar refractivity (Wildman–Crippen MR) is 60.1 cm³/mol. The summed E-state index contributed by atoms with van der Waals surface area (Å²) in [7, 11) is 0. The van der Waals surface area contributed by atoms with Gasteiger partial charge in [-0.1, -0.05) is 17.7 Å². The van der Waals surface area contributed by atoms with Crippen molar-refractivity contribution in [3.63, 3.8) is 0 Å². The van der Waals surface area contributed by atoms with Gasteiger partial charge in [-0.3, -0.25) is 0 Å². The monoisotopic (exact) mass is 236 g/mol. The number of hydrogen-bond donors (Lipinski definition) is 0. The number of thiophene rings is 1. The highest BCUT2D eigenvalue weighted by Gasteiger charge is 2.13. The second kappa shape index (κ2) is 3.32. The molecule has 0 saturated carbocycles. The smallest absolute Gasteiger partial charge is 0.231 e. The maximum Gasteiger partial charge on any atom is 0.231 e. The summed E-state index contributed by atoms with van der Waals surface area (Å²) in [6.07, 6.45) is 3.06. The standard InChI is InChI=1S/C10H5ClN2OS/c11-9-8-6(7-2-1-3-15-7)4-14-10(8)13-5-12-9/h1-5H. The number of fused-ring (bicyclic) bond motifs is 1. The number of aromatic nitrogens is 2. The number of hydrogen-bond acceptors (Lipinski definition) is 4. The molecule has 0 aliphatic heterocycles. The maximum atomic E-state index is 6.01. The lowest BCUT2D eigenvalue weighted by Gasteiger charge is -1.93. The first kappa shape index (κ1) is 8.88. The third-order valence-electron chi connectivity index (χ3n) is 2.11. The van der Waals surface area contributed by atoms with Crippen LogP contribution in [-0.2, 0) is 0 Å². The lowest BCUT2D eigenvalue weighted by atomic mass is 10.2. The number of furan rings is 1. The summed E-state index contributed by atoms with van der Waals surface area (Å²) in [4.78, 5) is 9.07. The molecule has 0 amide bonds. The van der Waals surface area contributed by atoms with Crippen LogP contribution in [0.2, 0.25) is 5.15 Å². The van der Waals surface area contributed by atoms with Crippen molar-refractivity contribution in [2.45, 2.75) is 0 Å². The summed E-state index contributed by atoms with van der Waals surface area (Å²) in [5.74, 6) is 0. The Hall–Kier alpha value is -1.39. The minimum Gasteiger partial charge on any atom is -0.445 e. The Morgan fingerprint density at radius 3 is 3.07 bits per heavy atom. The van der Waals surface area contributed by atoms with Gasteiger partial charge in [0, 0.05) is 10.4 Å². The molecular formula is C10H5ClN2OS. The van der Waals surface area contributed by atoms with Crippen LogP contribution in [0, 0.1) is 0 Å². The van der Waals surface area contributed by atoms with Crippen molar-refractivity contribution >= 4 is 34.0 Å². The highest BCUT2D eigenvalue weighted by Crippen LogP contribution is 2.35. The summed E-state index contributed by atoms with van der Waals surface area (Å²) < 4.78 is 5.32. The molecule has 3 aromatic rings. The summed E-state index contributed by atoms with van der Waals surface area (Å²) >= 11 is 7.64. The van der Waals surface area contributed by atoms with Crippen LogP contribution in [0.15, 0.2) is 34.5 Å². The largest absolute Gasteiger partial charge is 0.445 e. The molecule has 0 unspecified atom stereocenters. The molecule has 3 heterocycles. The normalized spacial score (nSPS) is 11.0. The minimum atomic E-state index is 0.428. The van der Waals surface area contributed by atoms with E-state index in [1.807, 2.05) is 17.5 Å². The van der Waals surface area contributed by atoms with Gasteiger partial charge in [0.25, 0.3) is 0 Å². The predicted octanol–water partition coefficient (Wildman–Crippen LogP) is 3.60. The quantitative estimate of drug-likeness (QED) is 0.606. The fraction of sp³-hybridized carbons (Fsp3) is 0. The van der Waals surface area contributed by atoms with E-state index in [0.717, 1.165) is 15.8 Å². The van der Waals surface area contributed by atoms with E-state index >= 15 is 0 Å². The van der Waals surface area contributed by atoms with E-state index in [4.69, 9.17) is 16.0 Å². The van der Waals surface area contributed by atoms with Gasteiger partial charge in [0.05, 0.1) is 5.39 Å². The Balaban J connectivity index is 2.37. The molecule has 0 spiro atoms. The van der Waals surface area contributed by atoms with E-state index in [9.17, 15) is 0 Å². The molecule has 3 nitrogen and oxygen atoms in total. The van der Waals surface area contributed by atoms with E-state index in [-0.39, 0.29) is 0 Å². The van der Waals surface area contributed by atoms with Gasteiger partial charge in [-0.25, -0.2) is 9.97 Å². The van der Waals surface area contributed by atoms with Crippen LogP contribution >= 0.6 is 22.9 Å². The maximum absolute atomic E-state index is 6.01. The lowest BCUT2D eigenvalue weighted by Crippen LogP contribution is -1.80. The van der Waals surface area contributed by atoms with Crippen molar-refractivity contribution in [2.75, 3.05) is 0 Å². The molecule has 0 radical (unpaired) electrons. The Morgan fingerprint density at radius 1 is 1.33 bits per heavy atom. The van der Waals surface area contributed by atoms with Crippen LogP contribution < -0.4 is 0 Å². The van der Waals surface area contributed by atoms with Crippen molar-refractivity contribution in [1.29, 1.82) is 0 Å². The first-order valence-corrected chi connectivity index (χ1v) is 5.53. The lowest BCUT2D eigenvalue weighted by molar-refractivity contribution is 0.603. The van der Waals surface area contributed by atoms with Crippen LogP contribution in [0.1, 0.15) is 0 Å². The zero-order valence-corrected chi connectivity index (χ0v) is 9.05. The van der Waals surface area contributed by atoms with Crippen LogP contribution in [0.3, 0.4) is 0 Å². The van der Waals surface area contributed by atoms with E-state index in [2.05, 4.69) is 9.97 Å². The van der Waals surface area contributed by atoms with Crippen molar-refractivity contribution in [1.82, 2.24) is 9.97 Å². The molecule has 5 heteroatoms. The molecule has 0 atom stereocenters. The van der Waals surface area contributed by atoms with E-state index in [1.54, 1.807) is 17.6 Å². The van der Waals surface area contributed by atoms with Crippen molar-refractivity contribution in [3.8, 4) is 10.4 Å². The molecule has 0 N–H and O–H groups in total. The number of halogens is 1. The van der Waals surface area contributed by atoms with Gasteiger partial charge < -0.3 is 4.42 Å². The first-order valence-electron chi connectivity index (χ1n) is 4.28. The summed E-state index contributed by atoms with van der Waals surface area (Å²) in [6.45, 7) is 0. The van der Waals surface area contributed by atoms with E-state index < -0.39 is 0 Å². The molecule has 0 saturated heterocycles. The Labute approximate surface area is 94.3 Å². The average molecular weight is 237 g/mol. The van der Waals surface area contributed by atoms with Gasteiger partial charge in [0.1, 0.15) is 17.7 Å². The number of rotatable bonds is 1. The highest BCUT2D eigenvalue weighted by molar-refractivity contribution is 7.13. The molecule has 0 fully saturated rings. The summed E-state index contributed by atoms with van der Waals surface area (Å²) in [6, 6.07) is 3.99. The Bertz CT molecular complexity index is 603. The third-order valence-corrected chi connectivity index (χ3v) is 3.30. The molecule has 3 rings (SSSR count). The minimum absolute atomic E-state index is 0.428. The van der Waals surface area contributed by atoms with Gasteiger partial charge >= 0.3 is 0 Å². The van der Waals surface area contributed by atoms with Gasteiger partial charge in [-0.05, 0) is 11.4 Å². The Morgan fingerprint density at radius 2 is 2.27 bits per heavy atom. The van der Waals surface area contributed by atoms with E-state index in [1.165, 1.54) is 6.33 Å². The van der Waals surface area contributed by atoms with Crippen LogP contribution in [0.5, 0.6) is 0 Å². The number of nitrogens with zero attached hydrogens (tertiary/aromatic N) is 2. The molecule has 74 valence electrons. The summed E-state index contributed by atoms with van der Waals surface area (Å²) in [5.41, 5.74) is 1.48. The zero-order valence-electron chi connectivity index (χ0n) is 7.48. The topological polar surface area (TPSA) is 38.9 Å². The van der Waals surface area contributed by atoms with E-state index in [0.29, 0.717) is 10.9 Å². The molecule has 0 aromatic carbocycles. The first-order chi connectivity index (χ1) is 7.36. The average Bonchev–Trinajstić information content (AvgIpc) is 2.85. The van der Waals surface area contributed by atoms with Gasteiger partial charge in [0.2, 0.25) is 5.71 Å². The van der Waals surface area contributed by atoms with Gasteiger partial charge in [-0.2, -0.15) is 0 Å². The van der Waals surface area contributed by atoms with Crippen molar-refractivity contribution in [2.24, 2.45) is 0 Å². The second-order valence-corrected chi connectivity index (χ2v) is 4.28. The highest BCUT2D eigenvalue weighted by atomic mass is 35.5. The van der Waals surface area contributed by atoms with Crippen molar-refractivity contribution in [3.05, 3.63) is 35.3 Å². The van der Waals surface area contributed by atoms with Crippen LogP contribution in [0.25, 0.3) is 21.5 Å². The Kier molecular flexibility index (Phi) is 1.97. The molecule has 0 aliphatic carbocycles. The SMILES string of the molecule is Clc1ncnc2occ(-c3cccs3)c12. The fourth-order valence-electron chi connectivity index (χ4n) is 1.45. The van der Waals surface area contributed by atoms with Crippen molar-refractivity contribution < 1.29 is 4.42 Å². The molecule has 15 heavy (non-hydrogen) atoms. The van der Waals surface area contributed by atoms with Crippen LogP contribution in [0.4, 0.5) is 0 Å². The van der Waals surface area contributed by atoms with Gasteiger partial charge in [0.15, 0.2) is 0 Å².